The van der Waals surface area contributed by atoms with E-state index in [1.54, 1.807) is 12.3 Å². The molecule has 0 bridgehead atoms. The van der Waals surface area contributed by atoms with Gasteiger partial charge in [0.2, 0.25) is 0 Å². The minimum Gasteiger partial charge on any atom is -0.494 e. The molecule has 1 aromatic heterocycles. The molecule has 0 amide bonds. The predicted molar refractivity (Wildman–Crippen MR) is 101 cm³/mol. The quantitative estimate of drug-likeness (QED) is 0.651. The van der Waals surface area contributed by atoms with Crippen molar-refractivity contribution in [2.45, 2.75) is 45.8 Å². The lowest BCUT2D eigenvalue weighted by Gasteiger charge is -2.18. The minimum atomic E-state index is -4.66. The molecule has 0 radical (unpaired) electrons. The Morgan fingerprint density at radius 2 is 2.00 bits per heavy atom. The molecule has 1 N–H and O–H groups in total. The maximum atomic E-state index is 13.6. The van der Waals surface area contributed by atoms with E-state index in [4.69, 9.17) is 4.74 Å². The first-order valence-corrected chi connectivity index (χ1v) is 9.31. The zero-order valence-corrected chi connectivity index (χ0v) is 16.4. The van der Waals surface area contributed by atoms with E-state index in [0.29, 0.717) is 18.7 Å². The summed E-state index contributed by atoms with van der Waals surface area (Å²) in [5, 5.41) is 16.3. The van der Waals surface area contributed by atoms with Crippen LogP contribution >= 0.6 is 0 Å². The molecule has 0 aliphatic heterocycles. The van der Waals surface area contributed by atoms with Crippen molar-refractivity contribution in [3.8, 4) is 23.1 Å². The summed E-state index contributed by atoms with van der Waals surface area (Å²) in [6.07, 6.45) is -0.345. The van der Waals surface area contributed by atoms with Crippen molar-refractivity contribution in [1.82, 2.24) is 15.1 Å². The molecule has 0 atom stereocenters. The lowest BCUT2D eigenvalue weighted by atomic mass is 9.96. The number of hydrogen-bond acceptors (Lipinski definition) is 4. The number of hydrogen-bond donors (Lipinski definition) is 1. The molecule has 0 saturated heterocycles. The molecular formula is C20H25F3N4O. The maximum Gasteiger partial charge on any atom is 0.417 e. The van der Waals surface area contributed by atoms with Gasteiger partial charge in [-0.3, -0.25) is 5.10 Å². The van der Waals surface area contributed by atoms with Gasteiger partial charge in [0.15, 0.2) is 0 Å². The van der Waals surface area contributed by atoms with Crippen molar-refractivity contribution in [3.63, 3.8) is 0 Å². The average Bonchev–Trinajstić information content (AvgIpc) is 3.10. The molecule has 0 aliphatic rings. The molecule has 1 aromatic carbocycles. The lowest BCUT2D eigenvalue weighted by Crippen LogP contribution is -2.19. The molecule has 2 aromatic rings. The molecule has 2 rings (SSSR count). The Balaban J connectivity index is 2.53. The summed E-state index contributed by atoms with van der Waals surface area (Å²) in [5.74, 6) is 0.0862. The zero-order valence-electron chi connectivity index (χ0n) is 16.4. The van der Waals surface area contributed by atoms with Gasteiger partial charge in [-0.25, -0.2) is 0 Å². The van der Waals surface area contributed by atoms with Crippen LogP contribution in [0.3, 0.4) is 0 Å². The molecule has 0 fully saturated rings. The van der Waals surface area contributed by atoms with Crippen LogP contribution in [0.1, 0.15) is 49.8 Å². The maximum absolute atomic E-state index is 13.6. The predicted octanol–water partition coefficient (Wildman–Crippen LogP) is 4.99. The highest BCUT2D eigenvalue weighted by Crippen LogP contribution is 2.40. The Bertz CT molecular complexity index is 824. The largest absolute Gasteiger partial charge is 0.494 e. The van der Waals surface area contributed by atoms with E-state index < -0.39 is 17.3 Å². The standard InChI is InChI=1S/C20H25F3N4O/c1-4-6-7-27(3)13-14-12-25-26-19(14)16-9-15(28-8-5-2)10-18(17(16)11-24)20(21,22)23/h9-10,12H,4-8,13H2,1-3H3,(H,25,26). The van der Waals surface area contributed by atoms with Crippen LogP contribution < -0.4 is 4.74 Å². The highest BCUT2D eigenvalue weighted by molar-refractivity contribution is 5.73. The number of ether oxygens (including phenoxy) is 1. The minimum absolute atomic E-state index is 0.0862. The van der Waals surface area contributed by atoms with E-state index in [2.05, 4.69) is 22.0 Å². The first kappa shape index (κ1) is 21.8. The van der Waals surface area contributed by atoms with Gasteiger partial charge in [-0.05, 0) is 38.6 Å². The monoisotopic (exact) mass is 394 g/mol. The number of rotatable bonds is 9. The molecule has 152 valence electrons. The fourth-order valence-corrected chi connectivity index (χ4v) is 2.92. The van der Waals surface area contributed by atoms with Crippen LogP contribution in [0.15, 0.2) is 18.3 Å². The van der Waals surface area contributed by atoms with E-state index in [1.165, 1.54) is 6.07 Å². The molecule has 8 heteroatoms. The topological polar surface area (TPSA) is 64.9 Å². The van der Waals surface area contributed by atoms with Gasteiger partial charge in [-0.1, -0.05) is 20.3 Å². The number of nitrogens with zero attached hydrogens (tertiary/aromatic N) is 3. The number of unbranched alkanes of at least 4 members (excludes halogenated alkanes) is 1. The highest BCUT2D eigenvalue weighted by atomic mass is 19.4. The molecule has 0 unspecified atom stereocenters. The van der Waals surface area contributed by atoms with Crippen LogP contribution in [0.2, 0.25) is 0 Å². The summed E-state index contributed by atoms with van der Waals surface area (Å²) in [7, 11) is 1.94. The second-order valence-electron chi connectivity index (χ2n) is 6.71. The summed E-state index contributed by atoms with van der Waals surface area (Å²) < 4.78 is 46.2. The summed E-state index contributed by atoms with van der Waals surface area (Å²) in [4.78, 5) is 2.08. The number of alkyl halides is 3. The molecule has 28 heavy (non-hydrogen) atoms. The Morgan fingerprint density at radius 3 is 2.61 bits per heavy atom. The Hall–Kier alpha value is -2.53. The third-order valence-corrected chi connectivity index (χ3v) is 4.32. The van der Waals surface area contributed by atoms with Gasteiger partial charge in [0, 0.05) is 17.7 Å². The van der Waals surface area contributed by atoms with E-state index >= 15 is 0 Å². The smallest absolute Gasteiger partial charge is 0.417 e. The zero-order chi connectivity index (χ0) is 20.7. The van der Waals surface area contributed by atoms with Crippen molar-refractivity contribution in [2.24, 2.45) is 0 Å². The lowest BCUT2D eigenvalue weighted by molar-refractivity contribution is -0.137. The Morgan fingerprint density at radius 1 is 1.25 bits per heavy atom. The molecular weight excluding hydrogens is 369 g/mol. The van der Waals surface area contributed by atoms with Gasteiger partial charge in [0.1, 0.15) is 11.8 Å². The fraction of sp³-hybridized carbons (Fsp3) is 0.500. The van der Waals surface area contributed by atoms with Crippen LogP contribution in [-0.2, 0) is 12.7 Å². The number of H-pyrrole nitrogens is 1. The van der Waals surface area contributed by atoms with Crippen molar-refractivity contribution in [1.29, 1.82) is 5.26 Å². The van der Waals surface area contributed by atoms with Crippen LogP contribution in [0, 0.1) is 11.3 Å². The highest BCUT2D eigenvalue weighted by Gasteiger charge is 2.36. The SMILES string of the molecule is CCCCN(C)Cc1cn[nH]c1-c1cc(OCCC)cc(C(F)(F)F)c1C#N. The van der Waals surface area contributed by atoms with Crippen LogP contribution in [0.4, 0.5) is 13.2 Å². The molecule has 0 aliphatic carbocycles. The van der Waals surface area contributed by atoms with Gasteiger partial charge < -0.3 is 9.64 Å². The second-order valence-corrected chi connectivity index (χ2v) is 6.71. The van der Waals surface area contributed by atoms with Gasteiger partial charge in [-0.2, -0.15) is 23.5 Å². The number of nitriles is 1. The van der Waals surface area contributed by atoms with E-state index in [0.717, 1.165) is 31.0 Å². The molecule has 0 saturated carbocycles. The van der Waals surface area contributed by atoms with Crippen molar-refractivity contribution >= 4 is 0 Å². The Kier molecular flexibility index (Phi) is 7.46. The van der Waals surface area contributed by atoms with Crippen LogP contribution in [-0.4, -0.2) is 35.3 Å². The summed E-state index contributed by atoms with van der Waals surface area (Å²) in [6, 6.07) is 4.09. The number of halogens is 3. The molecule has 5 nitrogen and oxygen atoms in total. The van der Waals surface area contributed by atoms with Gasteiger partial charge in [0.25, 0.3) is 0 Å². The van der Waals surface area contributed by atoms with Crippen molar-refractivity contribution in [2.75, 3.05) is 20.2 Å². The summed E-state index contributed by atoms with van der Waals surface area (Å²) >= 11 is 0. The number of nitrogens with one attached hydrogen (secondary N) is 1. The van der Waals surface area contributed by atoms with E-state index in [9.17, 15) is 18.4 Å². The van der Waals surface area contributed by atoms with Gasteiger partial charge >= 0.3 is 6.18 Å². The van der Waals surface area contributed by atoms with E-state index in [1.807, 2.05) is 14.0 Å². The first-order valence-electron chi connectivity index (χ1n) is 9.31. The number of benzene rings is 1. The Labute approximate surface area is 163 Å². The third kappa shape index (κ3) is 5.26. The number of aromatic amines is 1. The average molecular weight is 394 g/mol. The summed E-state index contributed by atoms with van der Waals surface area (Å²) in [6.45, 7) is 5.63. The van der Waals surface area contributed by atoms with Crippen LogP contribution in [0.5, 0.6) is 5.75 Å². The first-order chi connectivity index (χ1) is 13.3. The van der Waals surface area contributed by atoms with Gasteiger partial charge in [0.05, 0.1) is 29.6 Å². The number of aromatic nitrogens is 2. The molecule has 0 spiro atoms. The van der Waals surface area contributed by atoms with Crippen molar-refractivity contribution < 1.29 is 17.9 Å². The second kappa shape index (κ2) is 9.60. The normalized spacial score (nSPS) is 11.6. The van der Waals surface area contributed by atoms with Crippen LogP contribution in [0.25, 0.3) is 11.3 Å². The van der Waals surface area contributed by atoms with Crippen molar-refractivity contribution in [3.05, 3.63) is 35.0 Å². The summed E-state index contributed by atoms with van der Waals surface area (Å²) in [5.41, 5.74) is -0.139. The fourth-order valence-electron chi connectivity index (χ4n) is 2.92. The molecule has 1 heterocycles. The van der Waals surface area contributed by atoms with E-state index in [-0.39, 0.29) is 17.9 Å². The van der Waals surface area contributed by atoms with Gasteiger partial charge in [-0.15, -0.1) is 0 Å². The third-order valence-electron chi connectivity index (χ3n) is 4.32.